The second-order valence-corrected chi connectivity index (χ2v) is 7.42. The van der Waals surface area contributed by atoms with Crippen LogP contribution in [0.2, 0.25) is 0 Å². The number of hydrogen-bond donors (Lipinski definition) is 1. The summed E-state index contributed by atoms with van der Waals surface area (Å²) in [4.78, 5) is 21.1. The molecule has 0 radical (unpaired) electrons. The van der Waals surface area contributed by atoms with Crippen LogP contribution in [0.15, 0.2) is 30.9 Å². The fraction of sp³-hybridized carbons (Fsp3) is 0.550. The quantitative estimate of drug-likeness (QED) is 0.878. The van der Waals surface area contributed by atoms with E-state index >= 15 is 0 Å². The smallest absolute Gasteiger partial charge is 0.321 e. The summed E-state index contributed by atoms with van der Waals surface area (Å²) in [6, 6.07) is 2.05. The highest BCUT2D eigenvalue weighted by molar-refractivity contribution is 5.89. The number of carbonyl (C=O) groups is 1. The van der Waals surface area contributed by atoms with Crippen LogP contribution in [-0.4, -0.2) is 57.3 Å². The van der Waals surface area contributed by atoms with Gasteiger partial charge in [-0.3, -0.25) is 14.6 Å². The van der Waals surface area contributed by atoms with Crippen LogP contribution in [0.3, 0.4) is 0 Å². The minimum atomic E-state index is -0.0807. The Morgan fingerprint density at radius 1 is 1.41 bits per heavy atom. The third kappa shape index (κ3) is 4.47. The summed E-state index contributed by atoms with van der Waals surface area (Å²) in [5, 5.41) is 7.37. The fourth-order valence-corrected chi connectivity index (χ4v) is 4.03. The Morgan fingerprint density at radius 2 is 2.22 bits per heavy atom. The molecule has 3 heterocycles. The van der Waals surface area contributed by atoms with E-state index in [9.17, 15) is 4.79 Å². The summed E-state index contributed by atoms with van der Waals surface area (Å²) in [7, 11) is 3.82. The van der Waals surface area contributed by atoms with Crippen LogP contribution >= 0.6 is 0 Å². The molecule has 2 amide bonds. The van der Waals surface area contributed by atoms with Crippen molar-refractivity contribution < 1.29 is 4.79 Å². The maximum absolute atomic E-state index is 12.7. The van der Waals surface area contributed by atoms with Gasteiger partial charge in [0.15, 0.2) is 0 Å². The number of aryl methyl sites for hydroxylation is 2. The first-order valence-corrected chi connectivity index (χ1v) is 9.65. The Balaban J connectivity index is 1.71. The van der Waals surface area contributed by atoms with Crippen molar-refractivity contribution in [3.05, 3.63) is 42.0 Å². The number of carbonyl (C=O) groups excluding carboxylic acids is 1. The normalized spacial score (nSPS) is 20.4. The predicted molar refractivity (Wildman–Crippen MR) is 107 cm³/mol. The van der Waals surface area contributed by atoms with Gasteiger partial charge >= 0.3 is 6.03 Å². The Bertz CT molecular complexity index is 773. The highest BCUT2D eigenvalue weighted by atomic mass is 16.2. The van der Waals surface area contributed by atoms with Gasteiger partial charge in [-0.1, -0.05) is 6.92 Å². The molecule has 1 N–H and O–H groups in total. The number of likely N-dealkylation sites (tertiary alicyclic amines) is 1. The summed E-state index contributed by atoms with van der Waals surface area (Å²) in [6.07, 6.45) is 9.80. The van der Waals surface area contributed by atoms with Gasteiger partial charge in [0.1, 0.15) is 0 Å². The number of hydrogen-bond acceptors (Lipinski definition) is 4. The minimum Gasteiger partial charge on any atom is -0.327 e. The SMILES string of the molecule is CCN1CCC[C@@H](CN(C)C(=O)Nc2ccncc2C)[C@@H]1c1cnn(C)c1. The number of anilines is 1. The largest absolute Gasteiger partial charge is 0.327 e. The lowest BCUT2D eigenvalue weighted by Gasteiger charge is -2.42. The second-order valence-electron chi connectivity index (χ2n) is 7.42. The van der Waals surface area contributed by atoms with E-state index in [4.69, 9.17) is 0 Å². The molecule has 0 aromatic carbocycles. The number of rotatable bonds is 5. The van der Waals surface area contributed by atoms with Crippen LogP contribution in [0.5, 0.6) is 0 Å². The molecule has 0 spiro atoms. The van der Waals surface area contributed by atoms with Gasteiger partial charge in [0.25, 0.3) is 0 Å². The molecule has 0 saturated carbocycles. The lowest BCUT2D eigenvalue weighted by molar-refractivity contribution is 0.0828. The van der Waals surface area contributed by atoms with Crippen molar-refractivity contribution in [3.63, 3.8) is 0 Å². The third-order valence-corrected chi connectivity index (χ3v) is 5.45. The van der Waals surface area contributed by atoms with Crippen molar-refractivity contribution in [2.24, 2.45) is 13.0 Å². The van der Waals surface area contributed by atoms with Crippen LogP contribution < -0.4 is 5.32 Å². The zero-order valence-corrected chi connectivity index (χ0v) is 16.7. The van der Waals surface area contributed by atoms with Crippen LogP contribution in [0.25, 0.3) is 0 Å². The van der Waals surface area contributed by atoms with Crippen LogP contribution in [0.1, 0.15) is 36.9 Å². The van der Waals surface area contributed by atoms with E-state index < -0.39 is 0 Å². The van der Waals surface area contributed by atoms with Crippen molar-refractivity contribution in [2.45, 2.75) is 32.7 Å². The molecule has 3 rings (SSSR count). The molecule has 146 valence electrons. The molecule has 2 atom stereocenters. The standard InChI is InChI=1S/C20H30N6O/c1-5-26-10-6-7-16(19(26)17-12-22-25(4)14-17)13-24(3)20(27)23-18-8-9-21-11-15(18)2/h8-9,11-12,14,16,19H,5-7,10,13H2,1-4H3,(H,21,23,27)/t16-,19+/m0/s1. The number of pyridine rings is 1. The topological polar surface area (TPSA) is 66.3 Å². The van der Waals surface area contributed by atoms with Crippen molar-refractivity contribution in [1.29, 1.82) is 0 Å². The molecule has 2 aromatic rings. The zero-order valence-electron chi connectivity index (χ0n) is 16.7. The number of nitrogens with zero attached hydrogens (tertiary/aromatic N) is 5. The van der Waals surface area contributed by atoms with Gasteiger partial charge in [-0.25, -0.2) is 4.79 Å². The van der Waals surface area contributed by atoms with Gasteiger partial charge in [-0.05, 0) is 50.4 Å². The number of aromatic nitrogens is 3. The van der Waals surface area contributed by atoms with Crippen molar-refractivity contribution in [3.8, 4) is 0 Å². The summed E-state index contributed by atoms with van der Waals surface area (Å²) in [6.45, 7) is 6.96. The molecule has 7 nitrogen and oxygen atoms in total. The first-order valence-electron chi connectivity index (χ1n) is 9.65. The summed E-state index contributed by atoms with van der Waals surface area (Å²) >= 11 is 0. The molecular weight excluding hydrogens is 340 g/mol. The van der Waals surface area contributed by atoms with Gasteiger partial charge in [0.2, 0.25) is 0 Å². The molecular formula is C20H30N6O. The molecule has 1 fully saturated rings. The maximum Gasteiger partial charge on any atom is 0.321 e. The zero-order chi connectivity index (χ0) is 19.4. The van der Waals surface area contributed by atoms with E-state index in [1.54, 1.807) is 17.3 Å². The number of urea groups is 1. The molecule has 0 unspecified atom stereocenters. The highest BCUT2D eigenvalue weighted by Crippen LogP contribution is 2.36. The van der Waals surface area contributed by atoms with Crippen molar-refractivity contribution in [1.82, 2.24) is 24.6 Å². The molecule has 0 aliphatic carbocycles. The van der Waals surface area contributed by atoms with Gasteiger partial charge in [-0.2, -0.15) is 5.10 Å². The third-order valence-electron chi connectivity index (χ3n) is 5.45. The Kier molecular flexibility index (Phi) is 6.11. The van der Waals surface area contributed by atoms with E-state index in [-0.39, 0.29) is 6.03 Å². The molecule has 1 saturated heterocycles. The first-order chi connectivity index (χ1) is 13.0. The minimum absolute atomic E-state index is 0.0807. The molecule has 0 bridgehead atoms. The lowest BCUT2D eigenvalue weighted by atomic mass is 9.85. The first kappa shape index (κ1) is 19.4. The summed E-state index contributed by atoms with van der Waals surface area (Å²) in [5.74, 6) is 0.386. The average Bonchev–Trinajstić information content (AvgIpc) is 3.09. The monoisotopic (exact) mass is 370 g/mol. The number of piperidine rings is 1. The molecule has 1 aliphatic heterocycles. The van der Waals surface area contributed by atoms with E-state index in [1.165, 1.54) is 5.56 Å². The van der Waals surface area contributed by atoms with Crippen LogP contribution in [0.4, 0.5) is 10.5 Å². The van der Waals surface area contributed by atoms with Crippen molar-refractivity contribution >= 4 is 11.7 Å². The lowest BCUT2D eigenvalue weighted by Crippen LogP contribution is -2.44. The van der Waals surface area contributed by atoms with Crippen LogP contribution in [-0.2, 0) is 7.05 Å². The fourth-order valence-electron chi connectivity index (χ4n) is 4.03. The molecule has 2 aromatic heterocycles. The molecule has 1 aliphatic rings. The van der Waals surface area contributed by atoms with E-state index in [1.807, 2.05) is 38.0 Å². The second kappa shape index (κ2) is 8.52. The molecule has 7 heteroatoms. The Hall–Kier alpha value is -2.41. The average molecular weight is 371 g/mol. The predicted octanol–water partition coefficient (Wildman–Crippen LogP) is 3.06. The summed E-state index contributed by atoms with van der Waals surface area (Å²) in [5.41, 5.74) is 3.01. The van der Waals surface area contributed by atoms with Gasteiger partial charge in [0, 0.05) is 56.5 Å². The Morgan fingerprint density at radius 3 is 2.89 bits per heavy atom. The van der Waals surface area contributed by atoms with E-state index in [0.717, 1.165) is 37.2 Å². The van der Waals surface area contributed by atoms with Gasteiger partial charge < -0.3 is 10.2 Å². The number of amides is 2. The Labute approximate surface area is 161 Å². The van der Waals surface area contributed by atoms with Gasteiger partial charge in [0.05, 0.1) is 6.20 Å². The number of nitrogens with one attached hydrogen (secondary N) is 1. The highest BCUT2D eigenvalue weighted by Gasteiger charge is 2.34. The van der Waals surface area contributed by atoms with Crippen LogP contribution in [0, 0.1) is 12.8 Å². The summed E-state index contributed by atoms with van der Waals surface area (Å²) < 4.78 is 1.86. The van der Waals surface area contributed by atoms with E-state index in [2.05, 4.69) is 33.4 Å². The maximum atomic E-state index is 12.7. The van der Waals surface area contributed by atoms with Gasteiger partial charge in [-0.15, -0.1) is 0 Å². The molecule has 27 heavy (non-hydrogen) atoms. The van der Waals surface area contributed by atoms with Crippen molar-refractivity contribution in [2.75, 3.05) is 32.0 Å². The van der Waals surface area contributed by atoms with E-state index in [0.29, 0.717) is 18.5 Å².